The highest BCUT2D eigenvalue weighted by Crippen LogP contribution is 2.72. The summed E-state index contributed by atoms with van der Waals surface area (Å²) in [4.78, 5) is 25.7. The summed E-state index contributed by atoms with van der Waals surface area (Å²) < 4.78 is 5.58. The van der Waals surface area contributed by atoms with Crippen LogP contribution in [0.1, 0.15) is 99.8 Å². The van der Waals surface area contributed by atoms with Crippen LogP contribution in [0.5, 0.6) is 0 Å². The van der Waals surface area contributed by atoms with E-state index < -0.39 is 5.41 Å². The first-order valence-corrected chi connectivity index (χ1v) is 14.2. The van der Waals surface area contributed by atoms with Crippen molar-refractivity contribution < 1.29 is 14.3 Å². The van der Waals surface area contributed by atoms with Gasteiger partial charge in [0.1, 0.15) is 11.9 Å². The number of nitriles is 1. The van der Waals surface area contributed by atoms with Gasteiger partial charge in [-0.15, -0.1) is 0 Å². The molecule has 0 aromatic heterocycles. The molecule has 0 bridgehead atoms. The molecule has 0 aromatic rings. The molecule has 4 aliphatic rings. The zero-order valence-electron chi connectivity index (χ0n) is 23.1. The molecule has 4 aliphatic carbocycles. The van der Waals surface area contributed by atoms with Crippen molar-refractivity contribution in [1.29, 1.82) is 5.26 Å². The molecule has 0 aliphatic heterocycles. The molecule has 0 saturated heterocycles. The number of hydrogen-bond donors (Lipinski definition) is 0. The molecule has 0 N–H and O–H groups in total. The van der Waals surface area contributed by atoms with Crippen molar-refractivity contribution in [3.05, 3.63) is 12.2 Å². The second kappa shape index (κ2) is 9.35. The predicted octanol–water partition coefficient (Wildman–Crippen LogP) is 7.13. The molecule has 4 rings (SSSR count). The Kier molecular flexibility index (Phi) is 7.06. The maximum atomic E-state index is 14.1. The molecule has 4 fully saturated rings. The van der Waals surface area contributed by atoms with Gasteiger partial charge < -0.3 is 4.74 Å². The third kappa shape index (κ3) is 4.19. The maximum absolute atomic E-state index is 14.1. The van der Waals surface area contributed by atoms with Crippen LogP contribution in [0.3, 0.4) is 0 Å². The van der Waals surface area contributed by atoms with E-state index in [0.717, 1.165) is 44.9 Å². The Morgan fingerprint density at radius 3 is 2.40 bits per heavy atom. The lowest BCUT2D eigenvalue weighted by atomic mass is 9.38. The molecule has 10 atom stereocenters. The Labute approximate surface area is 213 Å². The summed E-state index contributed by atoms with van der Waals surface area (Å²) in [5.74, 6) is 2.60. The normalized spacial score (nSPS) is 44.8. The van der Waals surface area contributed by atoms with Crippen molar-refractivity contribution in [3.63, 3.8) is 0 Å². The van der Waals surface area contributed by atoms with E-state index in [1.165, 1.54) is 6.92 Å². The molecular formula is C31H47NO3. The predicted molar refractivity (Wildman–Crippen MR) is 138 cm³/mol. The largest absolute Gasteiger partial charge is 0.463 e. The highest BCUT2D eigenvalue weighted by atomic mass is 16.5. The number of carbonyl (C=O) groups excluding carboxylic acids is 2. The summed E-state index contributed by atoms with van der Waals surface area (Å²) in [5, 5.41) is 10.8. The van der Waals surface area contributed by atoms with Crippen molar-refractivity contribution in [1.82, 2.24) is 0 Å². The average molecular weight is 482 g/mol. The van der Waals surface area contributed by atoms with Crippen LogP contribution in [0.15, 0.2) is 12.2 Å². The monoisotopic (exact) mass is 481 g/mol. The van der Waals surface area contributed by atoms with Crippen molar-refractivity contribution in [3.8, 4) is 6.07 Å². The molecule has 194 valence electrons. The summed E-state index contributed by atoms with van der Waals surface area (Å²) in [6.45, 7) is 15.2. The number of Topliss-reactive ketones (excluding diaryl/α,β-unsaturated/α-hetero) is 1. The standard InChI is InChI=1S/C31H47NO3/c1-19(2)20(3)8-9-21(4)25-10-11-27-30(25,7)17-26(34)28-29(6)14-13-24(35-22(5)33)16-23(29)12-15-31(27,28)18-32/h8-9,19-21,23-25,27-28H,10-17H2,1-7H3/t20-,21+,23-,24-,25+,27+,28+,29-,30+,31+/m0/s1. The second-order valence-corrected chi connectivity index (χ2v) is 13.6. The van der Waals surface area contributed by atoms with E-state index in [1.54, 1.807) is 0 Å². The molecule has 0 radical (unpaired) electrons. The number of allylic oxidation sites excluding steroid dienone is 2. The quantitative estimate of drug-likeness (QED) is 0.309. The van der Waals surface area contributed by atoms with E-state index in [-0.39, 0.29) is 34.7 Å². The lowest BCUT2D eigenvalue weighted by Gasteiger charge is -2.63. The van der Waals surface area contributed by atoms with Gasteiger partial charge in [-0.05, 0) is 91.3 Å². The van der Waals surface area contributed by atoms with E-state index in [2.05, 4.69) is 59.8 Å². The van der Waals surface area contributed by atoms with Gasteiger partial charge >= 0.3 is 5.97 Å². The number of carbonyl (C=O) groups is 2. The minimum Gasteiger partial charge on any atom is -0.463 e. The average Bonchev–Trinajstić information content (AvgIpc) is 3.13. The highest BCUT2D eigenvalue weighted by molar-refractivity contribution is 5.85. The molecular weight excluding hydrogens is 434 g/mol. The third-order valence-corrected chi connectivity index (χ3v) is 11.4. The first-order valence-electron chi connectivity index (χ1n) is 14.2. The van der Waals surface area contributed by atoms with Gasteiger partial charge in [0.15, 0.2) is 0 Å². The second-order valence-electron chi connectivity index (χ2n) is 13.6. The zero-order valence-corrected chi connectivity index (χ0v) is 23.1. The van der Waals surface area contributed by atoms with Crippen molar-refractivity contribution in [2.45, 2.75) is 106 Å². The van der Waals surface area contributed by atoms with Crippen LogP contribution in [0, 0.1) is 69.0 Å². The van der Waals surface area contributed by atoms with Crippen LogP contribution in [0.4, 0.5) is 0 Å². The van der Waals surface area contributed by atoms with Gasteiger partial charge in [-0.3, -0.25) is 9.59 Å². The molecule has 4 heteroatoms. The number of fused-ring (bicyclic) bond motifs is 5. The Morgan fingerprint density at radius 2 is 1.77 bits per heavy atom. The topological polar surface area (TPSA) is 67.2 Å². The van der Waals surface area contributed by atoms with Gasteiger partial charge in [0.05, 0.1) is 11.5 Å². The van der Waals surface area contributed by atoms with E-state index in [0.29, 0.717) is 41.8 Å². The Hall–Kier alpha value is -1.63. The van der Waals surface area contributed by atoms with Gasteiger partial charge in [-0.1, -0.05) is 53.7 Å². The smallest absolute Gasteiger partial charge is 0.302 e. The lowest BCUT2D eigenvalue weighted by Crippen LogP contribution is -2.63. The zero-order chi connectivity index (χ0) is 25.8. The van der Waals surface area contributed by atoms with Crippen LogP contribution >= 0.6 is 0 Å². The van der Waals surface area contributed by atoms with Crippen molar-refractivity contribution in [2.24, 2.45) is 57.7 Å². The number of ketones is 1. The van der Waals surface area contributed by atoms with E-state index >= 15 is 0 Å². The fraction of sp³-hybridized carbons (Fsp3) is 0.839. The Bertz CT molecular complexity index is 917. The van der Waals surface area contributed by atoms with Gasteiger partial charge in [-0.25, -0.2) is 0 Å². The summed E-state index contributed by atoms with van der Waals surface area (Å²) in [6, 6.07) is 2.85. The van der Waals surface area contributed by atoms with Crippen LogP contribution in [0.2, 0.25) is 0 Å². The minimum atomic E-state index is -0.549. The fourth-order valence-electron chi connectivity index (χ4n) is 9.34. The Balaban J connectivity index is 1.62. The molecule has 0 unspecified atom stereocenters. The summed E-state index contributed by atoms with van der Waals surface area (Å²) in [5.41, 5.74) is -0.821. The number of esters is 1. The molecule has 0 aromatic carbocycles. The summed E-state index contributed by atoms with van der Waals surface area (Å²) in [6.07, 6.45) is 11.8. The first-order chi connectivity index (χ1) is 16.4. The fourth-order valence-corrected chi connectivity index (χ4v) is 9.34. The molecule has 0 heterocycles. The van der Waals surface area contributed by atoms with E-state index in [9.17, 15) is 14.9 Å². The lowest BCUT2D eigenvalue weighted by molar-refractivity contribution is -0.180. The molecule has 0 spiro atoms. The van der Waals surface area contributed by atoms with Crippen LogP contribution in [-0.4, -0.2) is 17.9 Å². The summed E-state index contributed by atoms with van der Waals surface area (Å²) >= 11 is 0. The minimum absolute atomic E-state index is 0.0409. The SMILES string of the molecule is CC(=O)O[C@H]1CC[C@@]2(C)[C@@H](CC[C@@]3(C#N)[C@@H]4CC[C@H]([C@H](C)C=C[C@H](C)C(C)C)[C@@]4(C)CC(=O)[C@H]23)C1. The van der Waals surface area contributed by atoms with Gasteiger partial charge in [0, 0.05) is 19.3 Å². The van der Waals surface area contributed by atoms with Crippen molar-refractivity contribution in [2.75, 3.05) is 0 Å². The third-order valence-electron chi connectivity index (χ3n) is 11.4. The highest BCUT2D eigenvalue weighted by Gasteiger charge is 2.70. The maximum Gasteiger partial charge on any atom is 0.302 e. The number of nitrogens with zero attached hydrogens (tertiary/aromatic N) is 1. The number of rotatable bonds is 5. The molecule has 0 amide bonds. The van der Waals surface area contributed by atoms with Crippen LogP contribution < -0.4 is 0 Å². The number of hydrogen-bond acceptors (Lipinski definition) is 4. The molecule has 4 nitrogen and oxygen atoms in total. The summed E-state index contributed by atoms with van der Waals surface area (Å²) in [7, 11) is 0. The molecule has 4 saturated carbocycles. The number of ether oxygens (including phenoxy) is 1. The Morgan fingerprint density at radius 1 is 1.06 bits per heavy atom. The first kappa shape index (κ1) is 26.4. The van der Waals surface area contributed by atoms with Crippen LogP contribution in [0.25, 0.3) is 0 Å². The van der Waals surface area contributed by atoms with Crippen LogP contribution in [-0.2, 0) is 14.3 Å². The van der Waals surface area contributed by atoms with Crippen molar-refractivity contribution >= 4 is 11.8 Å². The molecule has 35 heavy (non-hydrogen) atoms. The van der Waals surface area contributed by atoms with Gasteiger partial charge in [0.25, 0.3) is 0 Å². The van der Waals surface area contributed by atoms with Gasteiger partial charge in [-0.2, -0.15) is 5.26 Å². The van der Waals surface area contributed by atoms with E-state index in [4.69, 9.17) is 4.74 Å². The van der Waals surface area contributed by atoms with E-state index in [1.807, 2.05) is 0 Å². The van der Waals surface area contributed by atoms with Gasteiger partial charge in [0.2, 0.25) is 0 Å².